The summed E-state index contributed by atoms with van der Waals surface area (Å²) in [5, 5.41) is 6.60. The van der Waals surface area contributed by atoms with Crippen molar-refractivity contribution < 1.29 is 14.1 Å². The van der Waals surface area contributed by atoms with Gasteiger partial charge in [-0.2, -0.15) is 0 Å². The molecule has 0 atom stereocenters. The van der Waals surface area contributed by atoms with Gasteiger partial charge in [-0.25, -0.2) is 0 Å². The number of aryl methyl sites for hydroxylation is 2. The summed E-state index contributed by atoms with van der Waals surface area (Å²) in [6.45, 7) is 4.86. The van der Waals surface area contributed by atoms with Crippen molar-refractivity contribution in [1.82, 2.24) is 15.4 Å². The van der Waals surface area contributed by atoms with Crippen LogP contribution in [0, 0.1) is 13.8 Å². The van der Waals surface area contributed by atoms with E-state index in [4.69, 9.17) is 4.52 Å². The van der Waals surface area contributed by atoms with Crippen LogP contribution in [0.5, 0.6) is 0 Å². The van der Waals surface area contributed by atoms with E-state index in [1.54, 1.807) is 4.90 Å². The standard InChI is InChI=1S/C12H17N3O3/c1-8-10(9(2)18-14-8)6-13-11(16)7-15-5-3-4-12(15)17/h3-7H2,1-2H3,(H,13,16). The van der Waals surface area contributed by atoms with Gasteiger partial charge in [0.25, 0.3) is 0 Å². The first-order chi connectivity index (χ1) is 8.58. The van der Waals surface area contributed by atoms with Crippen LogP contribution in [0.3, 0.4) is 0 Å². The lowest BCUT2D eigenvalue weighted by Gasteiger charge is -2.14. The SMILES string of the molecule is Cc1noc(C)c1CNC(=O)CN1CCCC1=O. The van der Waals surface area contributed by atoms with Crippen LogP contribution in [-0.4, -0.2) is 35.0 Å². The third kappa shape index (κ3) is 2.69. The van der Waals surface area contributed by atoms with E-state index in [9.17, 15) is 9.59 Å². The van der Waals surface area contributed by atoms with Gasteiger partial charge >= 0.3 is 0 Å². The Labute approximate surface area is 105 Å². The molecule has 0 unspecified atom stereocenters. The Balaban J connectivity index is 1.83. The van der Waals surface area contributed by atoms with E-state index in [1.807, 2.05) is 13.8 Å². The van der Waals surface area contributed by atoms with Gasteiger partial charge in [-0.05, 0) is 20.3 Å². The van der Waals surface area contributed by atoms with E-state index in [-0.39, 0.29) is 18.4 Å². The molecule has 1 aliphatic rings. The van der Waals surface area contributed by atoms with Crippen molar-refractivity contribution in [3.63, 3.8) is 0 Å². The van der Waals surface area contributed by atoms with Crippen LogP contribution in [0.4, 0.5) is 0 Å². The molecule has 1 saturated heterocycles. The summed E-state index contributed by atoms with van der Waals surface area (Å²) in [6, 6.07) is 0. The van der Waals surface area contributed by atoms with Gasteiger partial charge in [-0.1, -0.05) is 5.16 Å². The van der Waals surface area contributed by atoms with Gasteiger partial charge in [-0.15, -0.1) is 0 Å². The van der Waals surface area contributed by atoms with E-state index in [2.05, 4.69) is 10.5 Å². The van der Waals surface area contributed by atoms with Gasteiger partial charge in [0.15, 0.2) is 0 Å². The smallest absolute Gasteiger partial charge is 0.239 e. The largest absolute Gasteiger partial charge is 0.361 e. The molecule has 0 spiro atoms. The highest BCUT2D eigenvalue weighted by atomic mass is 16.5. The Morgan fingerprint density at radius 1 is 1.50 bits per heavy atom. The van der Waals surface area contributed by atoms with Crippen LogP contribution in [0.15, 0.2) is 4.52 Å². The molecule has 1 aromatic heterocycles. The first-order valence-corrected chi connectivity index (χ1v) is 6.04. The predicted molar refractivity (Wildman–Crippen MR) is 63.6 cm³/mol. The quantitative estimate of drug-likeness (QED) is 0.847. The molecule has 1 aliphatic heterocycles. The van der Waals surface area contributed by atoms with Gasteiger partial charge in [0.05, 0.1) is 12.2 Å². The zero-order chi connectivity index (χ0) is 13.1. The van der Waals surface area contributed by atoms with E-state index in [0.717, 1.165) is 17.7 Å². The zero-order valence-corrected chi connectivity index (χ0v) is 10.7. The highest BCUT2D eigenvalue weighted by Crippen LogP contribution is 2.12. The minimum absolute atomic E-state index is 0.0579. The molecule has 6 heteroatoms. The molecule has 18 heavy (non-hydrogen) atoms. The highest BCUT2D eigenvalue weighted by Gasteiger charge is 2.22. The summed E-state index contributed by atoms with van der Waals surface area (Å²) in [4.78, 5) is 24.7. The zero-order valence-electron chi connectivity index (χ0n) is 10.7. The Hall–Kier alpha value is -1.85. The Bertz CT molecular complexity index is 448. The molecule has 98 valence electrons. The number of hydrogen-bond donors (Lipinski definition) is 1. The van der Waals surface area contributed by atoms with Gasteiger partial charge < -0.3 is 14.7 Å². The molecular weight excluding hydrogens is 234 g/mol. The summed E-state index contributed by atoms with van der Waals surface area (Å²) in [7, 11) is 0. The normalized spacial score (nSPS) is 15.2. The molecule has 2 heterocycles. The molecule has 2 amide bonds. The summed E-state index contributed by atoms with van der Waals surface area (Å²) in [5.74, 6) is 0.623. The topological polar surface area (TPSA) is 75.4 Å². The van der Waals surface area contributed by atoms with Crippen molar-refractivity contribution in [2.24, 2.45) is 0 Å². The average molecular weight is 251 g/mol. The second-order valence-corrected chi connectivity index (χ2v) is 4.50. The fraction of sp³-hybridized carbons (Fsp3) is 0.583. The number of carbonyl (C=O) groups excluding carboxylic acids is 2. The minimum Gasteiger partial charge on any atom is -0.361 e. The van der Waals surface area contributed by atoms with Crippen LogP contribution in [0.25, 0.3) is 0 Å². The van der Waals surface area contributed by atoms with Gasteiger partial charge in [0.1, 0.15) is 5.76 Å². The van der Waals surface area contributed by atoms with Crippen LogP contribution in [0.1, 0.15) is 29.9 Å². The highest BCUT2D eigenvalue weighted by molar-refractivity contribution is 5.85. The van der Waals surface area contributed by atoms with E-state index < -0.39 is 0 Å². The van der Waals surface area contributed by atoms with Crippen molar-refractivity contribution in [1.29, 1.82) is 0 Å². The fourth-order valence-electron chi connectivity index (χ4n) is 2.04. The second-order valence-electron chi connectivity index (χ2n) is 4.50. The van der Waals surface area contributed by atoms with E-state index in [1.165, 1.54) is 0 Å². The van der Waals surface area contributed by atoms with Gasteiger partial charge in [0.2, 0.25) is 11.8 Å². The number of hydrogen-bond acceptors (Lipinski definition) is 4. The maximum absolute atomic E-state index is 11.7. The molecule has 6 nitrogen and oxygen atoms in total. The summed E-state index contributed by atoms with van der Waals surface area (Å²) in [5.41, 5.74) is 1.68. The third-order valence-corrected chi connectivity index (χ3v) is 3.15. The van der Waals surface area contributed by atoms with Crippen molar-refractivity contribution in [2.45, 2.75) is 33.2 Å². The fourth-order valence-corrected chi connectivity index (χ4v) is 2.04. The van der Waals surface area contributed by atoms with Crippen molar-refractivity contribution in [3.8, 4) is 0 Å². The lowest BCUT2D eigenvalue weighted by atomic mass is 10.2. The molecule has 1 fully saturated rings. The van der Waals surface area contributed by atoms with Crippen LogP contribution < -0.4 is 5.32 Å². The van der Waals surface area contributed by atoms with Gasteiger partial charge in [0, 0.05) is 25.1 Å². The Kier molecular flexibility index (Phi) is 3.64. The lowest BCUT2D eigenvalue weighted by Crippen LogP contribution is -2.37. The molecule has 2 rings (SSSR count). The Morgan fingerprint density at radius 2 is 2.28 bits per heavy atom. The second kappa shape index (κ2) is 5.20. The number of amides is 2. The number of nitrogens with zero attached hydrogens (tertiary/aromatic N) is 2. The number of aromatic nitrogens is 1. The molecule has 0 saturated carbocycles. The summed E-state index contributed by atoms with van der Waals surface area (Å²) >= 11 is 0. The molecule has 0 aromatic carbocycles. The number of carbonyl (C=O) groups is 2. The molecule has 0 radical (unpaired) electrons. The van der Waals surface area contributed by atoms with Gasteiger partial charge in [-0.3, -0.25) is 9.59 Å². The molecule has 1 aromatic rings. The van der Waals surface area contributed by atoms with Crippen molar-refractivity contribution in [2.75, 3.05) is 13.1 Å². The number of rotatable bonds is 4. The lowest BCUT2D eigenvalue weighted by molar-refractivity contribution is -0.133. The van der Waals surface area contributed by atoms with Crippen LogP contribution in [0.2, 0.25) is 0 Å². The Morgan fingerprint density at radius 3 is 2.83 bits per heavy atom. The van der Waals surface area contributed by atoms with E-state index >= 15 is 0 Å². The van der Waals surface area contributed by atoms with Crippen molar-refractivity contribution >= 4 is 11.8 Å². The third-order valence-electron chi connectivity index (χ3n) is 3.15. The molecule has 1 N–H and O–H groups in total. The van der Waals surface area contributed by atoms with Crippen LogP contribution >= 0.6 is 0 Å². The maximum atomic E-state index is 11.7. The first-order valence-electron chi connectivity index (χ1n) is 6.04. The number of likely N-dealkylation sites (tertiary alicyclic amines) is 1. The van der Waals surface area contributed by atoms with E-state index in [0.29, 0.717) is 25.3 Å². The van der Waals surface area contributed by atoms with Crippen molar-refractivity contribution in [3.05, 3.63) is 17.0 Å². The monoisotopic (exact) mass is 251 g/mol. The maximum Gasteiger partial charge on any atom is 0.239 e. The molecule has 0 bridgehead atoms. The average Bonchev–Trinajstić information content (AvgIpc) is 2.85. The number of nitrogens with one attached hydrogen (secondary N) is 1. The van der Waals surface area contributed by atoms with Crippen LogP contribution in [-0.2, 0) is 16.1 Å². The minimum atomic E-state index is -0.148. The summed E-state index contributed by atoms with van der Waals surface area (Å²) in [6.07, 6.45) is 1.40. The molecular formula is C12H17N3O3. The predicted octanol–water partition coefficient (Wildman–Crippen LogP) is 0.530. The summed E-state index contributed by atoms with van der Waals surface area (Å²) < 4.78 is 5.01. The molecule has 0 aliphatic carbocycles. The first kappa shape index (κ1) is 12.6.